The third kappa shape index (κ3) is 4.45. The molecule has 2 aromatic rings. The number of aryl methyl sites for hydroxylation is 1. The van der Waals surface area contributed by atoms with E-state index in [1.54, 1.807) is 37.5 Å². The standard InChI is InChI=1S/C19H18N2O2/c1-3-14-7-9-15(10-8-14)11-16(13-20)19(22)21-17-5-4-6-18(12-17)23-2/h4-12H,3H2,1-2H3,(H,21,22)/b16-11-. The first-order chi connectivity index (χ1) is 11.2. The Kier molecular flexibility index (Phi) is 5.54. The van der Waals surface area contributed by atoms with Crippen LogP contribution in [0, 0.1) is 11.3 Å². The largest absolute Gasteiger partial charge is 0.497 e. The van der Waals surface area contributed by atoms with E-state index in [0.29, 0.717) is 11.4 Å². The van der Waals surface area contributed by atoms with Gasteiger partial charge in [-0.3, -0.25) is 4.79 Å². The summed E-state index contributed by atoms with van der Waals surface area (Å²) in [5.74, 6) is 0.195. The van der Waals surface area contributed by atoms with Crippen LogP contribution in [0.25, 0.3) is 6.08 Å². The van der Waals surface area contributed by atoms with E-state index >= 15 is 0 Å². The first kappa shape index (κ1) is 16.3. The van der Waals surface area contributed by atoms with Crippen LogP contribution < -0.4 is 10.1 Å². The summed E-state index contributed by atoms with van der Waals surface area (Å²) in [6.07, 6.45) is 2.53. The summed E-state index contributed by atoms with van der Waals surface area (Å²) in [4.78, 5) is 12.2. The fourth-order valence-corrected chi connectivity index (χ4v) is 2.06. The molecule has 116 valence electrons. The van der Waals surface area contributed by atoms with E-state index < -0.39 is 5.91 Å². The van der Waals surface area contributed by atoms with Crippen LogP contribution in [0.1, 0.15) is 18.1 Å². The maximum Gasteiger partial charge on any atom is 0.266 e. The Morgan fingerprint density at radius 3 is 2.61 bits per heavy atom. The molecule has 0 unspecified atom stereocenters. The van der Waals surface area contributed by atoms with Gasteiger partial charge in [-0.15, -0.1) is 0 Å². The maximum atomic E-state index is 12.2. The van der Waals surface area contributed by atoms with Gasteiger partial charge in [0, 0.05) is 11.8 Å². The quantitative estimate of drug-likeness (QED) is 0.675. The lowest BCUT2D eigenvalue weighted by Crippen LogP contribution is -2.13. The number of ether oxygens (including phenoxy) is 1. The van der Waals surface area contributed by atoms with E-state index in [1.807, 2.05) is 30.3 Å². The number of nitrogens with one attached hydrogen (secondary N) is 1. The van der Waals surface area contributed by atoms with Crippen molar-refractivity contribution in [3.8, 4) is 11.8 Å². The lowest BCUT2D eigenvalue weighted by atomic mass is 10.1. The van der Waals surface area contributed by atoms with Gasteiger partial charge in [0.1, 0.15) is 17.4 Å². The van der Waals surface area contributed by atoms with Crippen LogP contribution in [0.5, 0.6) is 5.75 Å². The van der Waals surface area contributed by atoms with Crippen LogP contribution in [-0.2, 0) is 11.2 Å². The van der Waals surface area contributed by atoms with Crippen LogP contribution in [0.2, 0.25) is 0 Å². The van der Waals surface area contributed by atoms with Gasteiger partial charge < -0.3 is 10.1 Å². The average Bonchev–Trinajstić information content (AvgIpc) is 2.60. The number of carbonyl (C=O) groups is 1. The van der Waals surface area contributed by atoms with Crippen molar-refractivity contribution < 1.29 is 9.53 Å². The van der Waals surface area contributed by atoms with Crippen LogP contribution in [0.3, 0.4) is 0 Å². The molecule has 2 rings (SSSR count). The second-order valence-electron chi connectivity index (χ2n) is 4.95. The highest BCUT2D eigenvalue weighted by Gasteiger charge is 2.10. The highest BCUT2D eigenvalue weighted by atomic mass is 16.5. The fraction of sp³-hybridized carbons (Fsp3) is 0.158. The molecular weight excluding hydrogens is 288 g/mol. The zero-order valence-corrected chi connectivity index (χ0v) is 13.2. The minimum absolute atomic E-state index is 0.0528. The van der Waals surface area contributed by atoms with Gasteiger partial charge in [0.05, 0.1) is 7.11 Å². The number of methoxy groups -OCH3 is 1. The Bertz CT molecular complexity index is 756. The SMILES string of the molecule is CCc1ccc(/C=C(/C#N)C(=O)Nc2cccc(OC)c2)cc1. The van der Waals surface area contributed by atoms with Crippen LogP contribution >= 0.6 is 0 Å². The smallest absolute Gasteiger partial charge is 0.266 e. The number of anilines is 1. The lowest BCUT2D eigenvalue weighted by molar-refractivity contribution is -0.112. The molecule has 0 aliphatic rings. The van der Waals surface area contributed by atoms with Gasteiger partial charge in [0.15, 0.2) is 0 Å². The Morgan fingerprint density at radius 2 is 2.00 bits per heavy atom. The number of hydrogen-bond acceptors (Lipinski definition) is 3. The zero-order valence-electron chi connectivity index (χ0n) is 13.2. The molecule has 1 N–H and O–H groups in total. The summed E-state index contributed by atoms with van der Waals surface area (Å²) >= 11 is 0. The monoisotopic (exact) mass is 306 g/mol. The van der Waals surface area contributed by atoms with Gasteiger partial charge in [-0.2, -0.15) is 5.26 Å². The molecule has 1 amide bonds. The van der Waals surface area contributed by atoms with Crippen molar-refractivity contribution in [3.63, 3.8) is 0 Å². The molecular formula is C19H18N2O2. The molecule has 0 aromatic heterocycles. The summed E-state index contributed by atoms with van der Waals surface area (Å²) in [6, 6.07) is 16.7. The molecule has 0 saturated carbocycles. The van der Waals surface area contributed by atoms with Gasteiger partial charge >= 0.3 is 0 Å². The van der Waals surface area contributed by atoms with Crippen molar-refractivity contribution in [2.45, 2.75) is 13.3 Å². The molecule has 23 heavy (non-hydrogen) atoms. The van der Waals surface area contributed by atoms with Crippen molar-refractivity contribution in [1.29, 1.82) is 5.26 Å². The summed E-state index contributed by atoms with van der Waals surface area (Å²) < 4.78 is 5.11. The van der Waals surface area contributed by atoms with Crippen molar-refractivity contribution in [2.24, 2.45) is 0 Å². The molecule has 0 spiro atoms. The molecule has 0 heterocycles. The maximum absolute atomic E-state index is 12.2. The molecule has 0 fully saturated rings. The Hall–Kier alpha value is -3.06. The molecule has 0 aliphatic heterocycles. The summed E-state index contributed by atoms with van der Waals surface area (Å²) in [5, 5.41) is 11.9. The minimum atomic E-state index is -0.444. The van der Waals surface area contributed by atoms with E-state index in [4.69, 9.17) is 4.74 Å². The van der Waals surface area contributed by atoms with Crippen molar-refractivity contribution >= 4 is 17.7 Å². The van der Waals surface area contributed by atoms with E-state index in [-0.39, 0.29) is 5.57 Å². The number of benzene rings is 2. The normalized spacial score (nSPS) is 10.7. The summed E-state index contributed by atoms with van der Waals surface area (Å²) in [6.45, 7) is 2.08. The van der Waals surface area contributed by atoms with Crippen LogP contribution in [-0.4, -0.2) is 13.0 Å². The molecule has 0 atom stereocenters. The van der Waals surface area contributed by atoms with Crippen LogP contribution in [0.15, 0.2) is 54.1 Å². The molecule has 0 bridgehead atoms. The zero-order chi connectivity index (χ0) is 16.7. The second kappa shape index (κ2) is 7.81. The molecule has 4 nitrogen and oxygen atoms in total. The van der Waals surface area contributed by atoms with E-state index in [2.05, 4.69) is 12.2 Å². The van der Waals surface area contributed by atoms with Crippen molar-refractivity contribution in [2.75, 3.05) is 12.4 Å². The predicted octanol–water partition coefficient (Wildman–Crippen LogP) is 3.80. The topological polar surface area (TPSA) is 62.1 Å². The van der Waals surface area contributed by atoms with E-state index in [9.17, 15) is 10.1 Å². The number of hydrogen-bond donors (Lipinski definition) is 1. The highest BCUT2D eigenvalue weighted by Crippen LogP contribution is 2.18. The lowest BCUT2D eigenvalue weighted by Gasteiger charge is -2.06. The Labute approximate surface area is 136 Å². The first-order valence-corrected chi connectivity index (χ1v) is 7.32. The van der Waals surface area contributed by atoms with Crippen molar-refractivity contribution in [3.05, 3.63) is 65.2 Å². The number of nitriles is 1. The Morgan fingerprint density at radius 1 is 1.26 bits per heavy atom. The third-order valence-corrected chi connectivity index (χ3v) is 3.39. The van der Waals surface area contributed by atoms with Gasteiger partial charge in [-0.25, -0.2) is 0 Å². The summed E-state index contributed by atoms with van der Waals surface area (Å²) in [5.41, 5.74) is 2.66. The van der Waals surface area contributed by atoms with E-state index in [0.717, 1.165) is 12.0 Å². The van der Waals surface area contributed by atoms with E-state index in [1.165, 1.54) is 5.56 Å². The highest BCUT2D eigenvalue weighted by molar-refractivity contribution is 6.09. The van der Waals surface area contributed by atoms with Gasteiger partial charge in [0.25, 0.3) is 5.91 Å². The number of amides is 1. The van der Waals surface area contributed by atoms with Crippen molar-refractivity contribution in [1.82, 2.24) is 0 Å². The molecule has 2 aromatic carbocycles. The average molecular weight is 306 g/mol. The minimum Gasteiger partial charge on any atom is -0.497 e. The number of carbonyl (C=O) groups excluding carboxylic acids is 1. The van der Waals surface area contributed by atoms with Gasteiger partial charge in [-0.05, 0) is 35.8 Å². The van der Waals surface area contributed by atoms with Gasteiger partial charge in [0.2, 0.25) is 0 Å². The predicted molar refractivity (Wildman–Crippen MR) is 91.0 cm³/mol. The number of rotatable bonds is 5. The van der Waals surface area contributed by atoms with Gasteiger partial charge in [-0.1, -0.05) is 37.3 Å². The molecule has 4 heteroatoms. The molecule has 0 aliphatic carbocycles. The molecule has 0 radical (unpaired) electrons. The third-order valence-electron chi connectivity index (χ3n) is 3.39. The summed E-state index contributed by atoms with van der Waals surface area (Å²) in [7, 11) is 1.56. The second-order valence-corrected chi connectivity index (χ2v) is 4.95. The van der Waals surface area contributed by atoms with Crippen LogP contribution in [0.4, 0.5) is 5.69 Å². The Balaban J connectivity index is 2.17. The molecule has 0 saturated heterocycles. The number of nitrogens with zero attached hydrogens (tertiary/aromatic N) is 1. The first-order valence-electron chi connectivity index (χ1n) is 7.32. The fourth-order valence-electron chi connectivity index (χ4n) is 2.06.